The fraction of sp³-hybridized carbons (Fsp3) is 0.600. The predicted molar refractivity (Wildman–Crippen MR) is 79.0 cm³/mol. The van der Waals surface area contributed by atoms with Crippen LogP contribution in [0, 0.1) is 5.92 Å². The van der Waals surface area contributed by atoms with Crippen molar-refractivity contribution in [3.63, 3.8) is 0 Å². The van der Waals surface area contributed by atoms with E-state index >= 15 is 0 Å². The molecule has 0 aromatic heterocycles. The molecule has 1 aliphatic carbocycles. The van der Waals surface area contributed by atoms with Gasteiger partial charge in [0, 0.05) is 6.04 Å². The smallest absolute Gasteiger partial charge is 0.155 e. The molecule has 1 N–H and O–H groups in total. The Hall–Kier alpha value is -0.870. The zero-order chi connectivity index (χ0) is 14.0. The highest BCUT2D eigenvalue weighted by Crippen LogP contribution is 2.36. The molecular formula is C15H23NO2S. The molecule has 19 heavy (non-hydrogen) atoms. The number of nitrogens with one attached hydrogen (secondary N) is 1. The summed E-state index contributed by atoms with van der Waals surface area (Å²) in [6.45, 7) is 4.05. The SMILES string of the molecule is CCC(C)CS(=O)(=O)C1Cc2ccccc2C1NC. The summed E-state index contributed by atoms with van der Waals surface area (Å²) in [5.41, 5.74) is 2.31. The molecule has 0 aliphatic heterocycles. The lowest BCUT2D eigenvalue weighted by Crippen LogP contribution is -2.35. The van der Waals surface area contributed by atoms with Gasteiger partial charge in [-0.15, -0.1) is 0 Å². The standard InChI is InChI=1S/C15H23NO2S/c1-4-11(2)10-19(17,18)14-9-12-7-5-6-8-13(12)15(14)16-3/h5-8,11,14-16H,4,9-10H2,1-3H3. The molecule has 0 saturated heterocycles. The first kappa shape index (κ1) is 14.5. The van der Waals surface area contributed by atoms with E-state index in [1.54, 1.807) is 0 Å². The van der Waals surface area contributed by atoms with E-state index in [1.807, 2.05) is 45.2 Å². The molecule has 0 radical (unpaired) electrons. The summed E-state index contributed by atoms with van der Waals surface area (Å²) in [5, 5.41) is 2.87. The van der Waals surface area contributed by atoms with Crippen LogP contribution in [0.3, 0.4) is 0 Å². The zero-order valence-electron chi connectivity index (χ0n) is 11.9. The van der Waals surface area contributed by atoms with Gasteiger partial charge in [0.05, 0.1) is 11.0 Å². The molecular weight excluding hydrogens is 258 g/mol. The number of hydrogen-bond donors (Lipinski definition) is 1. The summed E-state index contributed by atoms with van der Waals surface area (Å²) < 4.78 is 25.2. The van der Waals surface area contributed by atoms with Crippen molar-refractivity contribution in [2.75, 3.05) is 12.8 Å². The minimum absolute atomic E-state index is 0.0646. The van der Waals surface area contributed by atoms with Gasteiger partial charge in [0.1, 0.15) is 0 Å². The van der Waals surface area contributed by atoms with Crippen LogP contribution in [0.4, 0.5) is 0 Å². The van der Waals surface area contributed by atoms with Gasteiger partial charge in [0.25, 0.3) is 0 Å². The summed E-state index contributed by atoms with van der Waals surface area (Å²) in [4.78, 5) is 0. The van der Waals surface area contributed by atoms with E-state index in [9.17, 15) is 8.42 Å². The van der Waals surface area contributed by atoms with Crippen LogP contribution in [0.25, 0.3) is 0 Å². The molecule has 1 aromatic rings. The Bertz CT molecular complexity index is 539. The Labute approximate surface area is 116 Å². The maximum atomic E-state index is 12.6. The van der Waals surface area contributed by atoms with E-state index in [0.29, 0.717) is 12.2 Å². The Morgan fingerprint density at radius 2 is 2.05 bits per heavy atom. The minimum atomic E-state index is -3.06. The van der Waals surface area contributed by atoms with Crippen LogP contribution in [-0.4, -0.2) is 26.5 Å². The van der Waals surface area contributed by atoms with Gasteiger partial charge in [-0.2, -0.15) is 0 Å². The third-order valence-electron chi connectivity index (χ3n) is 4.17. The number of benzene rings is 1. The summed E-state index contributed by atoms with van der Waals surface area (Å²) >= 11 is 0. The average molecular weight is 281 g/mol. The van der Waals surface area contributed by atoms with Crippen molar-refractivity contribution in [1.82, 2.24) is 5.32 Å². The monoisotopic (exact) mass is 281 g/mol. The van der Waals surface area contributed by atoms with Crippen molar-refractivity contribution in [1.29, 1.82) is 0 Å². The Balaban J connectivity index is 2.28. The van der Waals surface area contributed by atoms with Crippen molar-refractivity contribution in [3.05, 3.63) is 35.4 Å². The number of sulfone groups is 1. The summed E-state index contributed by atoms with van der Waals surface area (Å²) in [7, 11) is -1.22. The first-order valence-corrected chi connectivity index (χ1v) is 8.67. The molecule has 0 heterocycles. The lowest BCUT2D eigenvalue weighted by atomic mass is 10.1. The van der Waals surface area contributed by atoms with Crippen LogP contribution in [0.1, 0.15) is 37.4 Å². The topological polar surface area (TPSA) is 46.2 Å². The third kappa shape index (κ3) is 2.84. The van der Waals surface area contributed by atoms with E-state index in [-0.39, 0.29) is 17.2 Å². The highest BCUT2D eigenvalue weighted by atomic mass is 32.2. The van der Waals surface area contributed by atoms with Gasteiger partial charge in [-0.05, 0) is 30.5 Å². The molecule has 3 unspecified atom stereocenters. The van der Waals surface area contributed by atoms with Crippen LogP contribution < -0.4 is 5.32 Å². The molecule has 3 atom stereocenters. The second kappa shape index (κ2) is 5.63. The van der Waals surface area contributed by atoms with Crippen molar-refractivity contribution in [3.8, 4) is 0 Å². The quantitative estimate of drug-likeness (QED) is 0.901. The summed E-state index contributed by atoms with van der Waals surface area (Å²) in [6.07, 6.45) is 1.55. The highest BCUT2D eigenvalue weighted by molar-refractivity contribution is 7.92. The van der Waals surface area contributed by atoms with Gasteiger partial charge in [-0.3, -0.25) is 0 Å². The van der Waals surface area contributed by atoms with Crippen molar-refractivity contribution >= 4 is 9.84 Å². The van der Waals surface area contributed by atoms with Gasteiger partial charge in [-0.25, -0.2) is 8.42 Å². The minimum Gasteiger partial charge on any atom is -0.312 e. The van der Waals surface area contributed by atoms with Gasteiger partial charge < -0.3 is 5.32 Å². The molecule has 0 saturated carbocycles. The Morgan fingerprint density at radius 3 is 2.68 bits per heavy atom. The third-order valence-corrected chi connectivity index (χ3v) is 6.56. The number of fused-ring (bicyclic) bond motifs is 1. The van der Waals surface area contributed by atoms with Gasteiger partial charge in [0.2, 0.25) is 0 Å². The van der Waals surface area contributed by atoms with Crippen molar-refractivity contribution in [2.45, 2.75) is 38.0 Å². The van der Waals surface area contributed by atoms with Crippen LogP contribution >= 0.6 is 0 Å². The second-order valence-corrected chi connectivity index (χ2v) is 7.82. The van der Waals surface area contributed by atoms with Gasteiger partial charge >= 0.3 is 0 Å². The molecule has 0 fully saturated rings. The molecule has 4 heteroatoms. The molecule has 0 amide bonds. The molecule has 0 spiro atoms. The van der Waals surface area contributed by atoms with Gasteiger partial charge in [-0.1, -0.05) is 44.5 Å². The lowest BCUT2D eigenvalue weighted by Gasteiger charge is -2.21. The fourth-order valence-electron chi connectivity index (χ4n) is 2.87. The Morgan fingerprint density at radius 1 is 1.37 bits per heavy atom. The zero-order valence-corrected chi connectivity index (χ0v) is 12.7. The molecule has 0 bridgehead atoms. The summed E-state index contributed by atoms with van der Waals surface area (Å²) in [6, 6.07) is 7.97. The van der Waals surface area contributed by atoms with Crippen LogP contribution in [0.5, 0.6) is 0 Å². The molecule has 2 rings (SSSR count). The van der Waals surface area contributed by atoms with Gasteiger partial charge in [0.15, 0.2) is 9.84 Å². The van der Waals surface area contributed by atoms with Crippen molar-refractivity contribution < 1.29 is 8.42 Å². The first-order chi connectivity index (χ1) is 8.99. The number of hydrogen-bond acceptors (Lipinski definition) is 3. The molecule has 106 valence electrons. The molecule has 1 aliphatic rings. The first-order valence-electron chi connectivity index (χ1n) is 6.96. The van der Waals surface area contributed by atoms with Crippen LogP contribution in [0.15, 0.2) is 24.3 Å². The van der Waals surface area contributed by atoms with E-state index in [2.05, 4.69) is 5.32 Å². The highest BCUT2D eigenvalue weighted by Gasteiger charge is 2.40. The fourth-order valence-corrected chi connectivity index (χ4v) is 5.28. The maximum absolute atomic E-state index is 12.6. The largest absolute Gasteiger partial charge is 0.312 e. The maximum Gasteiger partial charge on any atom is 0.155 e. The normalized spacial score (nSPS) is 24.2. The van der Waals surface area contributed by atoms with E-state index in [0.717, 1.165) is 12.0 Å². The van der Waals surface area contributed by atoms with E-state index < -0.39 is 9.84 Å². The average Bonchev–Trinajstić information content (AvgIpc) is 2.77. The number of rotatable bonds is 5. The van der Waals surface area contributed by atoms with Crippen molar-refractivity contribution in [2.24, 2.45) is 5.92 Å². The van der Waals surface area contributed by atoms with E-state index in [1.165, 1.54) is 5.56 Å². The second-order valence-electron chi connectivity index (χ2n) is 5.55. The molecule has 1 aromatic carbocycles. The van der Waals surface area contributed by atoms with Crippen LogP contribution in [-0.2, 0) is 16.3 Å². The molecule has 3 nitrogen and oxygen atoms in total. The lowest BCUT2D eigenvalue weighted by molar-refractivity contribution is 0.520. The summed E-state index contributed by atoms with van der Waals surface area (Å²) in [5.74, 6) is 0.520. The van der Waals surface area contributed by atoms with Crippen LogP contribution in [0.2, 0.25) is 0 Å². The Kier molecular flexibility index (Phi) is 4.31. The predicted octanol–water partition coefficient (Wildman–Crippen LogP) is 2.33. The van der Waals surface area contributed by atoms with E-state index in [4.69, 9.17) is 0 Å².